The van der Waals surface area contributed by atoms with Gasteiger partial charge in [-0.15, -0.1) is 0 Å². The van der Waals surface area contributed by atoms with Crippen molar-refractivity contribution in [1.82, 2.24) is 4.98 Å². The molecule has 1 aromatic heterocycles. The highest BCUT2D eigenvalue weighted by Gasteiger charge is 2.35. The molecule has 0 unspecified atom stereocenters. The van der Waals surface area contributed by atoms with Gasteiger partial charge in [0.1, 0.15) is 0 Å². The molecule has 5 rings (SSSR count). The average Bonchev–Trinajstić information content (AvgIpc) is 2.64. The Morgan fingerprint density at radius 2 is 1.69 bits per heavy atom. The first kappa shape index (κ1) is 15.6. The van der Waals surface area contributed by atoms with Gasteiger partial charge >= 0.3 is 0 Å². The summed E-state index contributed by atoms with van der Waals surface area (Å²) in [6.07, 6.45) is 1.96. The number of aromatic nitrogens is 1. The standard InChI is InChI=1S/C25H23N/c1-15(2)18-13-17-11-12-26-24-20-10-9-16-7-5-6-8-19(16)23(20)25(3,4)21(14-18)22(17)24/h5-15H,1-4H3. The van der Waals surface area contributed by atoms with Gasteiger partial charge < -0.3 is 0 Å². The van der Waals surface area contributed by atoms with Gasteiger partial charge in [0.15, 0.2) is 0 Å². The van der Waals surface area contributed by atoms with Gasteiger partial charge in [0.25, 0.3) is 0 Å². The molecule has 26 heavy (non-hydrogen) atoms. The zero-order valence-electron chi connectivity index (χ0n) is 15.8. The molecule has 1 aliphatic rings. The van der Waals surface area contributed by atoms with Crippen LogP contribution in [-0.2, 0) is 5.41 Å². The van der Waals surface area contributed by atoms with Crippen LogP contribution in [-0.4, -0.2) is 4.98 Å². The Hall–Kier alpha value is -2.67. The SMILES string of the molecule is CC(C)c1cc2c3c(nccc3c1)-c1ccc3ccccc3c1C2(C)C. The molecular formula is C25H23N. The van der Waals surface area contributed by atoms with Crippen molar-refractivity contribution >= 4 is 21.5 Å². The van der Waals surface area contributed by atoms with Crippen molar-refractivity contribution in [1.29, 1.82) is 0 Å². The van der Waals surface area contributed by atoms with Gasteiger partial charge in [-0.3, -0.25) is 4.98 Å². The molecule has 0 amide bonds. The van der Waals surface area contributed by atoms with Gasteiger partial charge in [-0.25, -0.2) is 0 Å². The second-order valence-corrected chi connectivity index (χ2v) is 8.32. The molecule has 0 aliphatic heterocycles. The molecule has 0 spiro atoms. The molecule has 1 heterocycles. The highest BCUT2D eigenvalue weighted by atomic mass is 14.7. The number of nitrogens with zero attached hydrogens (tertiary/aromatic N) is 1. The minimum absolute atomic E-state index is 0.0601. The van der Waals surface area contributed by atoms with Crippen molar-refractivity contribution < 1.29 is 0 Å². The first-order valence-corrected chi connectivity index (χ1v) is 9.44. The summed E-state index contributed by atoms with van der Waals surface area (Å²) in [7, 11) is 0. The van der Waals surface area contributed by atoms with Crippen molar-refractivity contribution in [3.05, 3.63) is 77.5 Å². The fraction of sp³-hybridized carbons (Fsp3) is 0.240. The van der Waals surface area contributed by atoms with E-state index in [4.69, 9.17) is 4.98 Å². The van der Waals surface area contributed by atoms with Crippen molar-refractivity contribution in [2.24, 2.45) is 0 Å². The van der Waals surface area contributed by atoms with Crippen LogP contribution in [0.1, 0.15) is 50.3 Å². The summed E-state index contributed by atoms with van der Waals surface area (Å²) in [5.74, 6) is 0.511. The topological polar surface area (TPSA) is 12.9 Å². The van der Waals surface area contributed by atoms with Crippen LogP contribution in [0.25, 0.3) is 32.8 Å². The fourth-order valence-corrected chi connectivity index (χ4v) is 4.65. The van der Waals surface area contributed by atoms with Gasteiger partial charge in [0, 0.05) is 22.6 Å². The maximum atomic E-state index is 4.83. The van der Waals surface area contributed by atoms with Crippen LogP contribution in [0.15, 0.2) is 60.8 Å². The van der Waals surface area contributed by atoms with Crippen molar-refractivity contribution in [3.63, 3.8) is 0 Å². The van der Waals surface area contributed by atoms with E-state index in [0.29, 0.717) is 5.92 Å². The van der Waals surface area contributed by atoms with E-state index in [9.17, 15) is 0 Å². The van der Waals surface area contributed by atoms with Crippen molar-refractivity contribution in [3.8, 4) is 11.3 Å². The minimum Gasteiger partial charge on any atom is -0.256 e. The lowest BCUT2D eigenvalue weighted by Gasteiger charge is -2.36. The van der Waals surface area contributed by atoms with Crippen LogP contribution in [0.5, 0.6) is 0 Å². The summed E-state index contributed by atoms with van der Waals surface area (Å²) in [6.45, 7) is 9.28. The molecule has 0 fully saturated rings. The van der Waals surface area contributed by atoms with Crippen LogP contribution in [0.3, 0.4) is 0 Å². The Labute approximate surface area is 154 Å². The predicted molar refractivity (Wildman–Crippen MR) is 111 cm³/mol. The van der Waals surface area contributed by atoms with Gasteiger partial charge in [0.2, 0.25) is 0 Å². The number of fused-ring (bicyclic) bond motifs is 4. The fourth-order valence-electron chi connectivity index (χ4n) is 4.65. The van der Waals surface area contributed by atoms with E-state index < -0.39 is 0 Å². The van der Waals surface area contributed by atoms with E-state index in [-0.39, 0.29) is 5.41 Å². The summed E-state index contributed by atoms with van der Waals surface area (Å²) in [4.78, 5) is 4.83. The highest BCUT2D eigenvalue weighted by Crippen LogP contribution is 2.50. The Morgan fingerprint density at radius 3 is 2.50 bits per heavy atom. The van der Waals surface area contributed by atoms with E-state index in [1.54, 1.807) is 0 Å². The van der Waals surface area contributed by atoms with Crippen LogP contribution in [0.2, 0.25) is 0 Å². The Morgan fingerprint density at radius 1 is 0.885 bits per heavy atom. The molecule has 128 valence electrons. The lowest BCUT2D eigenvalue weighted by atomic mass is 9.67. The van der Waals surface area contributed by atoms with Crippen molar-refractivity contribution in [2.75, 3.05) is 0 Å². The third kappa shape index (κ3) is 1.94. The van der Waals surface area contributed by atoms with Gasteiger partial charge in [-0.05, 0) is 44.8 Å². The zero-order valence-corrected chi connectivity index (χ0v) is 15.8. The van der Waals surface area contributed by atoms with Gasteiger partial charge in [0.05, 0.1) is 5.69 Å². The lowest BCUT2D eigenvalue weighted by molar-refractivity contribution is 0.648. The maximum Gasteiger partial charge on any atom is 0.0786 e. The molecule has 0 bridgehead atoms. The average molecular weight is 337 g/mol. The smallest absolute Gasteiger partial charge is 0.0786 e. The molecule has 3 aromatic carbocycles. The number of hydrogen-bond acceptors (Lipinski definition) is 1. The molecule has 0 radical (unpaired) electrons. The van der Waals surface area contributed by atoms with Gasteiger partial charge in [-0.2, -0.15) is 0 Å². The van der Waals surface area contributed by atoms with E-state index in [1.165, 1.54) is 43.8 Å². The van der Waals surface area contributed by atoms with Crippen LogP contribution in [0.4, 0.5) is 0 Å². The molecule has 0 N–H and O–H groups in total. The third-order valence-corrected chi connectivity index (χ3v) is 6.03. The largest absolute Gasteiger partial charge is 0.256 e. The van der Waals surface area contributed by atoms with Crippen molar-refractivity contribution in [2.45, 2.75) is 39.0 Å². The van der Waals surface area contributed by atoms with Gasteiger partial charge in [-0.1, -0.05) is 76.2 Å². The molecule has 0 saturated carbocycles. The number of hydrogen-bond donors (Lipinski definition) is 0. The summed E-state index contributed by atoms with van der Waals surface area (Å²) in [6, 6.07) is 20.2. The zero-order chi connectivity index (χ0) is 18.1. The molecule has 1 nitrogen and oxygen atoms in total. The maximum absolute atomic E-state index is 4.83. The summed E-state index contributed by atoms with van der Waals surface area (Å²) < 4.78 is 0. The minimum atomic E-state index is -0.0601. The number of pyridine rings is 1. The monoisotopic (exact) mass is 337 g/mol. The summed E-state index contributed by atoms with van der Waals surface area (Å²) in [5.41, 5.74) is 6.57. The van der Waals surface area contributed by atoms with Crippen LogP contribution >= 0.6 is 0 Å². The second-order valence-electron chi connectivity index (χ2n) is 8.32. The lowest BCUT2D eigenvalue weighted by Crippen LogP contribution is -2.25. The third-order valence-electron chi connectivity index (χ3n) is 6.03. The van der Waals surface area contributed by atoms with Crippen LogP contribution in [0, 0.1) is 0 Å². The van der Waals surface area contributed by atoms with E-state index in [0.717, 1.165) is 5.69 Å². The number of rotatable bonds is 1. The van der Waals surface area contributed by atoms with E-state index >= 15 is 0 Å². The quantitative estimate of drug-likeness (QED) is 0.371. The summed E-state index contributed by atoms with van der Waals surface area (Å²) >= 11 is 0. The molecule has 0 atom stereocenters. The number of benzene rings is 3. The molecule has 1 aliphatic carbocycles. The Kier molecular flexibility index (Phi) is 3.10. The Bertz CT molecular complexity index is 1180. The van der Waals surface area contributed by atoms with E-state index in [2.05, 4.69) is 82.3 Å². The molecular weight excluding hydrogens is 314 g/mol. The normalized spacial score (nSPS) is 14.8. The Balaban J connectivity index is 2.00. The summed E-state index contributed by atoms with van der Waals surface area (Å²) in [5, 5.41) is 5.28. The van der Waals surface area contributed by atoms with E-state index in [1.807, 2.05) is 6.20 Å². The molecule has 0 saturated heterocycles. The second kappa shape index (κ2) is 5.17. The first-order chi connectivity index (χ1) is 12.5. The highest BCUT2D eigenvalue weighted by molar-refractivity contribution is 6.05. The first-order valence-electron chi connectivity index (χ1n) is 9.44. The molecule has 1 heteroatoms. The van der Waals surface area contributed by atoms with Crippen LogP contribution < -0.4 is 0 Å². The predicted octanol–water partition coefficient (Wildman–Crippen LogP) is 6.82. The molecule has 4 aromatic rings.